The highest BCUT2D eigenvalue weighted by molar-refractivity contribution is 6.10. The van der Waals surface area contributed by atoms with Gasteiger partial charge in [-0.05, 0) is 144 Å². The van der Waals surface area contributed by atoms with Gasteiger partial charge in [-0.2, -0.15) is 0 Å². The Morgan fingerprint density at radius 3 is 0.910 bits per heavy atom. The Balaban J connectivity index is 0.936. The van der Waals surface area contributed by atoms with Gasteiger partial charge in [-0.1, -0.05) is 135 Å². The molecule has 0 fully saturated rings. The third kappa shape index (κ3) is 6.14. The van der Waals surface area contributed by atoms with Crippen molar-refractivity contribution in [3.8, 4) is 22.5 Å². The van der Waals surface area contributed by atoms with Crippen LogP contribution in [0, 0.1) is 0 Å². The first-order chi connectivity index (χ1) is 33.0. The van der Waals surface area contributed by atoms with Gasteiger partial charge < -0.3 is 18.9 Å². The molecule has 0 radical (unpaired) electrons. The summed E-state index contributed by atoms with van der Waals surface area (Å²) in [6.07, 6.45) is 0. The van der Waals surface area contributed by atoms with Crippen molar-refractivity contribution in [3.05, 3.63) is 254 Å². The van der Waals surface area contributed by atoms with Gasteiger partial charge in [0.15, 0.2) is 0 Å². The van der Waals surface area contributed by atoms with Crippen molar-refractivity contribution >= 4 is 77.7 Å². The van der Waals surface area contributed by atoms with Crippen molar-refractivity contribution in [2.45, 2.75) is 19.3 Å². The van der Waals surface area contributed by atoms with Crippen LogP contribution in [0.4, 0.5) is 34.1 Å². The van der Waals surface area contributed by atoms with E-state index in [1.807, 2.05) is 0 Å². The molecular weight excluding hydrogens is 813 g/mol. The van der Waals surface area contributed by atoms with Crippen LogP contribution < -0.4 is 9.80 Å². The number of rotatable bonds is 8. The molecular formula is C63H46N4. The summed E-state index contributed by atoms with van der Waals surface area (Å²) in [7, 11) is 0. The number of fused-ring (bicyclic) bond motifs is 9. The summed E-state index contributed by atoms with van der Waals surface area (Å²) < 4.78 is 4.78. The van der Waals surface area contributed by atoms with E-state index in [1.54, 1.807) is 0 Å². The van der Waals surface area contributed by atoms with Crippen LogP contribution in [0.3, 0.4) is 0 Å². The van der Waals surface area contributed by atoms with Crippen LogP contribution in [-0.2, 0) is 5.41 Å². The van der Waals surface area contributed by atoms with E-state index in [4.69, 9.17) is 0 Å². The Labute approximate surface area is 390 Å². The first-order valence-corrected chi connectivity index (χ1v) is 23.2. The van der Waals surface area contributed by atoms with Gasteiger partial charge in [-0.15, -0.1) is 0 Å². The van der Waals surface area contributed by atoms with E-state index < -0.39 is 0 Å². The van der Waals surface area contributed by atoms with Crippen molar-refractivity contribution in [1.82, 2.24) is 9.13 Å². The Hall–Kier alpha value is -8.60. The smallest absolute Gasteiger partial charge is 0.0541 e. The average molecular weight is 859 g/mol. The summed E-state index contributed by atoms with van der Waals surface area (Å²) in [4.78, 5) is 4.78. The van der Waals surface area contributed by atoms with Crippen molar-refractivity contribution in [2.75, 3.05) is 9.80 Å². The predicted octanol–water partition coefficient (Wildman–Crippen LogP) is 17.1. The summed E-state index contributed by atoms with van der Waals surface area (Å²) in [6.45, 7) is 4.76. The zero-order chi connectivity index (χ0) is 44.6. The van der Waals surface area contributed by atoms with E-state index >= 15 is 0 Å². The third-order valence-corrected chi connectivity index (χ3v) is 14.1. The highest BCUT2D eigenvalue weighted by Crippen LogP contribution is 2.52. The van der Waals surface area contributed by atoms with Gasteiger partial charge in [-0.3, -0.25) is 0 Å². The standard InChI is InChI=1S/C63H46N4/c1-63(2)57-41-49(64(43-17-5-3-6-18-43)44-19-7-4-8-20-44)37-39-51(57)52-40-38-50(42-58(52)63)65(45-29-33-47(34-30-45)66-59-25-13-9-21-53(59)54-22-10-14-26-60(54)66)46-31-35-48(36-32-46)67-61-27-15-11-23-55(61)56-24-12-16-28-62(56)67/h3-42H,1-2H3. The number of nitrogens with zero attached hydrogens (tertiary/aromatic N) is 4. The third-order valence-electron chi connectivity index (χ3n) is 14.1. The maximum Gasteiger partial charge on any atom is 0.0541 e. The minimum Gasteiger partial charge on any atom is -0.310 e. The van der Waals surface area contributed by atoms with Gasteiger partial charge in [0.1, 0.15) is 0 Å². The minimum atomic E-state index is -0.262. The average Bonchev–Trinajstić information content (AvgIpc) is 3.98. The fraction of sp³-hybridized carbons (Fsp3) is 0.0476. The fourth-order valence-electron chi connectivity index (χ4n) is 10.9. The second-order valence-electron chi connectivity index (χ2n) is 18.2. The lowest BCUT2D eigenvalue weighted by Gasteiger charge is -2.29. The van der Waals surface area contributed by atoms with Crippen molar-refractivity contribution < 1.29 is 0 Å². The molecule has 0 saturated heterocycles. The molecule has 13 rings (SSSR count). The largest absolute Gasteiger partial charge is 0.310 e. The molecule has 1 aliphatic rings. The molecule has 2 heterocycles. The number of anilines is 6. The molecule has 318 valence electrons. The van der Waals surface area contributed by atoms with Gasteiger partial charge in [-0.25, -0.2) is 0 Å². The zero-order valence-electron chi connectivity index (χ0n) is 37.4. The molecule has 0 unspecified atom stereocenters. The molecule has 10 aromatic carbocycles. The van der Waals surface area contributed by atoms with E-state index in [9.17, 15) is 0 Å². The number of hydrogen-bond acceptors (Lipinski definition) is 2. The van der Waals surface area contributed by atoms with Crippen LogP contribution in [0.5, 0.6) is 0 Å². The molecule has 0 saturated carbocycles. The Kier molecular flexibility index (Phi) is 8.84. The topological polar surface area (TPSA) is 16.3 Å². The SMILES string of the molecule is CC1(C)c2cc(N(c3ccccc3)c3ccccc3)ccc2-c2ccc(N(c3ccc(-n4c5ccccc5c5ccccc54)cc3)c3ccc(-n4c5ccccc5c5ccccc54)cc3)cc21. The molecule has 67 heavy (non-hydrogen) atoms. The molecule has 4 nitrogen and oxygen atoms in total. The van der Waals surface area contributed by atoms with Crippen molar-refractivity contribution in [2.24, 2.45) is 0 Å². The van der Waals surface area contributed by atoms with Gasteiger partial charge in [0.05, 0.1) is 22.1 Å². The molecule has 2 aromatic heterocycles. The van der Waals surface area contributed by atoms with Crippen LogP contribution in [0.2, 0.25) is 0 Å². The molecule has 0 atom stereocenters. The van der Waals surface area contributed by atoms with E-state index in [-0.39, 0.29) is 5.41 Å². The summed E-state index contributed by atoms with van der Waals surface area (Å²) in [5.74, 6) is 0. The highest BCUT2D eigenvalue weighted by Gasteiger charge is 2.37. The summed E-state index contributed by atoms with van der Waals surface area (Å²) in [5.41, 5.74) is 18.7. The fourth-order valence-corrected chi connectivity index (χ4v) is 10.9. The first-order valence-electron chi connectivity index (χ1n) is 23.2. The number of benzene rings is 10. The molecule has 0 aliphatic heterocycles. The summed E-state index contributed by atoms with van der Waals surface area (Å²) in [6, 6.07) is 88.5. The summed E-state index contributed by atoms with van der Waals surface area (Å²) >= 11 is 0. The van der Waals surface area contributed by atoms with Crippen LogP contribution in [0.25, 0.3) is 66.1 Å². The number of aromatic nitrogens is 2. The van der Waals surface area contributed by atoms with Gasteiger partial charge in [0, 0.05) is 72.5 Å². The van der Waals surface area contributed by atoms with Crippen LogP contribution in [0.15, 0.2) is 243 Å². The molecule has 0 spiro atoms. The molecule has 12 aromatic rings. The quantitative estimate of drug-likeness (QED) is 0.151. The van der Waals surface area contributed by atoms with E-state index in [1.165, 1.54) is 65.9 Å². The zero-order valence-corrected chi connectivity index (χ0v) is 37.4. The highest BCUT2D eigenvalue weighted by atomic mass is 15.1. The van der Waals surface area contributed by atoms with E-state index in [0.717, 1.165) is 45.5 Å². The van der Waals surface area contributed by atoms with E-state index in [0.29, 0.717) is 0 Å². The second kappa shape index (κ2) is 15.3. The van der Waals surface area contributed by atoms with Gasteiger partial charge >= 0.3 is 0 Å². The Morgan fingerprint density at radius 2 is 0.567 bits per heavy atom. The lowest BCUT2D eigenvalue weighted by atomic mass is 9.82. The second-order valence-corrected chi connectivity index (χ2v) is 18.2. The normalized spacial score (nSPS) is 12.7. The van der Waals surface area contributed by atoms with Gasteiger partial charge in [0.2, 0.25) is 0 Å². The maximum atomic E-state index is 2.43. The molecule has 0 amide bonds. The monoisotopic (exact) mass is 858 g/mol. The predicted molar refractivity (Wildman–Crippen MR) is 282 cm³/mol. The van der Waals surface area contributed by atoms with Crippen LogP contribution >= 0.6 is 0 Å². The maximum absolute atomic E-state index is 2.43. The minimum absolute atomic E-state index is 0.262. The summed E-state index contributed by atoms with van der Waals surface area (Å²) in [5, 5.41) is 5.03. The molecule has 4 heteroatoms. The van der Waals surface area contributed by atoms with Crippen molar-refractivity contribution in [1.29, 1.82) is 0 Å². The molecule has 0 N–H and O–H groups in total. The van der Waals surface area contributed by atoms with Gasteiger partial charge in [0.25, 0.3) is 0 Å². The lowest BCUT2D eigenvalue weighted by molar-refractivity contribution is 0.660. The first kappa shape index (κ1) is 38.8. The Bertz CT molecular complexity index is 3520. The van der Waals surface area contributed by atoms with Crippen molar-refractivity contribution in [3.63, 3.8) is 0 Å². The lowest BCUT2D eigenvalue weighted by Crippen LogP contribution is -2.17. The number of hydrogen-bond donors (Lipinski definition) is 0. The van der Waals surface area contributed by atoms with Crippen LogP contribution in [0.1, 0.15) is 25.0 Å². The molecule has 0 bridgehead atoms. The Morgan fingerprint density at radius 1 is 0.284 bits per heavy atom. The van der Waals surface area contributed by atoms with E-state index in [2.05, 4.69) is 275 Å². The number of para-hydroxylation sites is 6. The van der Waals surface area contributed by atoms with Crippen LogP contribution in [-0.4, -0.2) is 9.13 Å². The molecule has 1 aliphatic carbocycles.